The van der Waals surface area contributed by atoms with E-state index in [0.29, 0.717) is 11.5 Å². The molecule has 128 valence electrons. The Morgan fingerprint density at radius 1 is 1.18 bits per heavy atom. The van der Waals surface area contributed by atoms with Gasteiger partial charge in [-0.05, 0) is 38.7 Å². The number of hydrogen-bond acceptors (Lipinski definition) is 5. The molecular formula is C17H32N2O3. The molecule has 1 aromatic carbocycles. The molecule has 2 rings (SSSR count). The van der Waals surface area contributed by atoms with Gasteiger partial charge in [0.25, 0.3) is 0 Å². The highest BCUT2D eigenvalue weighted by atomic mass is 16.5. The summed E-state index contributed by atoms with van der Waals surface area (Å²) >= 11 is 0. The number of benzene rings is 1. The topological polar surface area (TPSA) is 43.0 Å². The Balaban J connectivity index is 0.00000242. The number of fused-ring (bicyclic) bond motifs is 1. The van der Waals surface area contributed by atoms with Crippen molar-refractivity contribution >= 4 is 5.69 Å². The molecule has 0 saturated heterocycles. The maximum atomic E-state index is 5.56. The molecule has 1 N–H and O–H groups in total. The molecule has 1 aliphatic rings. The summed E-state index contributed by atoms with van der Waals surface area (Å²) in [6.07, 6.45) is 1.07. The second-order valence-electron chi connectivity index (χ2n) is 6.04. The number of anilines is 1. The van der Waals surface area contributed by atoms with Gasteiger partial charge in [-0.2, -0.15) is 0 Å². The first-order valence-electron chi connectivity index (χ1n) is 7.19. The van der Waals surface area contributed by atoms with Crippen molar-refractivity contribution in [2.75, 3.05) is 53.8 Å². The maximum absolute atomic E-state index is 5.56. The first-order chi connectivity index (χ1) is 9.96. The molecule has 0 aliphatic carbocycles. The lowest BCUT2D eigenvalue weighted by Crippen LogP contribution is -2.29. The van der Waals surface area contributed by atoms with Crippen LogP contribution in [0, 0.1) is 0 Å². The zero-order chi connectivity index (χ0) is 15.6. The van der Waals surface area contributed by atoms with Crippen molar-refractivity contribution in [1.82, 2.24) is 4.90 Å². The number of methoxy groups -OCH3 is 3. The van der Waals surface area contributed by atoms with Crippen LogP contribution in [0.5, 0.6) is 17.2 Å². The number of nitrogens with one attached hydrogen (secondary N) is 1. The zero-order valence-electron chi connectivity index (χ0n) is 13.9. The van der Waals surface area contributed by atoms with E-state index in [0.717, 1.165) is 30.9 Å². The summed E-state index contributed by atoms with van der Waals surface area (Å²) in [6, 6.07) is 2.08. The van der Waals surface area contributed by atoms with Crippen molar-refractivity contribution in [2.24, 2.45) is 0 Å². The minimum absolute atomic E-state index is 0. The fourth-order valence-electron chi connectivity index (χ4n) is 2.88. The lowest BCUT2D eigenvalue weighted by molar-refractivity contribution is 0.322. The van der Waals surface area contributed by atoms with Crippen molar-refractivity contribution < 1.29 is 15.6 Å². The predicted octanol–water partition coefficient (Wildman–Crippen LogP) is 3.23. The minimum atomic E-state index is 0. The van der Waals surface area contributed by atoms with Crippen LogP contribution in [0.15, 0.2) is 6.07 Å². The van der Waals surface area contributed by atoms with E-state index in [1.807, 2.05) is 0 Å². The highest BCUT2D eigenvalue weighted by Gasteiger charge is 2.38. The van der Waals surface area contributed by atoms with Crippen LogP contribution in [-0.4, -0.2) is 53.4 Å². The van der Waals surface area contributed by atoms with E-state index in [4.69, 9.17) is 14.2 Å². The van der Waals surface area contributed by atoms with E-state index in [1.54, 1.807) is 21.3 Å². The average molecular weight is 312 g/mol. The summed E-state index contributed by atoms with van der Waals surface area (Å²) < 4.78 is 16.5. The minimum Gasteiger partial charge on any atom is -0.493 e. The maximum Gasteiger partial charge on any atom is 0.205 e. The van der Waals surface area contributed by atoms with E-state index in [9.17, 15) is 0 Å². The standard InChI is InChI=1S/C16H26N2O3.CH4.H2/c1-16(7-8-18(2)3)10-17-13-11(16)9-12(19-4)14(20-5)15(13)21-6;;/h9,17H,7-8,10H2,1-6H3;1H4;1H. The second-order valence-corrected chi connectivity index (χ2v) is 6.04. The number of ether oxygens (including phenoxy) is 3. The van der Waals surface area contributed by atoms with Gasteiger partial charge in [-0.15, -0.1) is 0 Å². The molecule has 0 bridgehead atoms. The van der Waals surface area contributed by atoms with Gasteiger partial charge in [-0.25, -0.2) is 0 Å². The highest BCUT2D eigenvalue weighted by Crippen LogP contribution is 2.52. The van der Waals surface area contributed by atoms with Gasteiger partial charge >= 0.3 is 0 Å². The molecule has 5 heteroatoms. The van der Waals surface area contributed by atoms with Crippen molar-refractivity contribution in [3.8, 4) is 17.2 Å². The molecule has 22 heavy (non-hydrogen) atoms. The largest absolute Gasteiger partial charge is 0.493 e. The normalized spacial score (nSPS) is 19.2. The Morgan fingerprint density at radius 2 is 1.82 bits per heavy atom. The van der Waals surface area contributed by atoms with Gasteiger partial charge in [-0.3, -0.25) is 0 Å². The molecule has 0 saturated carbocycles. The first-order valence-corrected chi connectivity index (χ1v) is 7.19. The monoisotopic (exact) mass is 312 g/mol. The number of hydrogen-bond donors (Lipinski definition) is 1. The molecule has 0 aromatic heterocycles. The number of rotatable bonds is 6. The molecule has 0 spiro atoms. The molecule has 1 aromatic rings. The van der Waals surface area contributed by atoms with Gasteiger partial charge in [0, 0.05) is 13.4 Å². The SMILES string of the molecule is C.COc1cc2c(c(OC)c1OC)NCC2(C)CCN(C)C.[HH]. The van der Waals surface area contributed by atoms with E-state index in [2.05, 4.69) is 37.3 Å². The molecule has 1 heterocycles. The van der Waals surface area contributed by atoms with Crippen molar-refractivity contribution in [3.63, 3.8) is 0 Å². The molecule has 0 amide bonds. The van der Waals surface area contributed by atoms with Gasteiger partial charge in [0.15, 0.2) is 11.5 Å². The van der Waals surface area contributed by atoms with Gasteiger partial charge in [0.1, 0.15) is 0 Å². The fourth-order valence-corrected chi connectivity index (χ4v) is 2.88. The van der Waals surface area contributed by atoms with Crippen molar-refractivity contribution in [3.05, 3.63) is 11.6 Å². The quantitative estimate of drug-likeness (QED) is 0.873. The summed E-state index contributed by atoms with van der Waals surface area (Å²) in [4.78, 5) is 2.21. The molecule has 1 atom stereocenters. The fraction of sp³-hybridized carbons (Fsp3) is 0.647. The van der Waals surface area contributed by atoms with E-state index in [1.165, 1.54) is 5.56 Å². The molecular weight excluding hydrogens is 280 g/mol. The van der Waals surface area contributed by atoms with Crippen molar-refractivity contribution in [2.45, 2.75) is 26.2 Å². The van der Waals surface area contributed by atoms with Gasteiger partial charge < -0.3 is 24.4 Å². The second kappa shape index (κ2) is 7.09. The van der Waals surface area contributed by atoms with Gasteiger partial charge in [0.05, 0.1) is 27.0 Å². The molecule has 1 aliphatic heterocycles. The third kappa shape index (κ3) is 3.09. The summed E-state index contributed by atoms with van der Waals surface area (Å²) in [5.41, 5.74) is 2.32. The lowest BCUT2D eigenvalue weighted by atomic mass is 9.81. The lowest BCUT2D eigenvalue weighted by Gasteiger charge is -2.26. The van der Waals surface area contributed by atoms with Crippen LogP contribution in [0.1, 0.15) is 27.8 Å². The Bertz CT molecular complexity index is 523. The van der Waals surface area contributed by atoms with E-state index >= 15 is 0 Å². The Kier molecular flexibility index (Phi) is 5.94. The van der Waals surface area contributed by atoms with Crippen LogP contribution >= 0.6 is 0 Å². The van der Waals surface area contributed by atoms with Crippen LogP contribution < -0.4 is 19.5 Å². The average Bonchev–Trinajstić information content (AvgIpc) is 2.80. The summed E-state index contributed by atoms with van der Waals surface area (Å²) in [7, 11) is 9.15. The Labute approximate surface area is 136 Å². The third-order valence-corrected chi connectivity index (χ3v) is 4.25. The molecule has 1 unspecified atom stereocenters. The molecule has 0 radical (unpaired) electrons. The van der Waals surface area contributed by atoms with Crippen LogP contribution in [0.2, 0.25) is 0 Å². The summed E-state index contributed by atoms with van der Waals surface area (Å²) in [5.74, 6) is 2.08. The van der Waals surface area contributed by atoms with Gasteiger partial charge in [-0.1, -0.05) is 14.4 Å². The van der Waals surface area contributed by atoms with E-state index < -0.39 is 0 Å². The van der Waals surface area contributed by atoms with Crippen molar-refractivity contribution in [1.29, 1.82) is 0 Å². The molecule has 0 fully saturated rings. The number of nitrogens with zero attached hydrogens (tertiary/aromatic N) is 1. The van der Waals surface area contributed by atoms with Crippen LogP contribution in [0.4, 0.5) is 5.69 Å². The predicted molar refractivity (Wildman–Crippen MR) is 94.0 cm³/mol. The molecule has 5 nitrogen and oxygen atoms in total. The first kappa shape index (κ1) is 18.4. The highest BCUT2D eigenvalue weighted by molar-refractivity contribution is 5.76. The van der Waals surface area contributed by atoms with E-state index in [-0.39, 0.29) is 14.3 Å². The third-order valence-electron chi connectivity index (χ3n) is 4.25. The summed E-state index contributed by atoms with van der Waals surface area (Å²) in [5, 5.41) is 3.48. The van der Waals surface area contributed by atoms with Crippen LogP contribution in [0.3, 0.4) is 0 Å². The van der Waals surface area contributed by atoms with Gasteiger partial charge in [0.2, 0.25) is 5.75 Å². The Hall–Kier alpha value is -1.62. The Morgan fingerprint density at radius 3 is 2.32 bits per heavy atom. The van der Waals surface area contributed by atoms with Crippen LogP contribution in [0.25, 0.3) is 0 Å². The summed E-state index contributed by atoms with van der Waals surface area (Å²) in [6.45, 7) is 4.21. The smallest absolute Gasteiger partial charge is 0.205 e. The van der Waals surface area contributed by atoms with Crippen LogP contribution in [-0.2, 0) is 5.41 Å². The zero-order valence-corrected chi connectivity index (χ0v) is 13.9.